The van der Waals surface area contributed by atoms with E-state index in [-0.39, 0.29) is 11.7 Å². The van der Waals surface area contributed by atoms with Crippen LogP contribution in [0.1, 0.15) is 17.8 Å². The molecule has 1 N–H and O–H groups in total. The highest BCUT2D eigenvalue weighted by Gasteiger charge is 2.14. The normalized spacial score (nSPS) is 11.9. The average molecular weight is 278 g/mol. The summed E-state index contributed by atoms with van der Waals surface area (Å²) in [6.45, 7) is 2.03. The molecule has 6 heteroatoms. The minimum Gasteiger partial charge on any atom is -0.494 e. The van der Waals surface area contributed by atoms with Crippen molar-refractivity contribution < 1.29 is 9.66 Å². The second kappa shape index (κ2) is 5.71. The molecule has 100 valence electrons. The Balaban J connectivity index is 2.22. The summed E-state index contributed by atoms with van der Waals surface area (Å²) in [6, 6.07) is 8.71. The highest BCUT2D eigenvalue weighted by molar-refractivity contribution is 7.10. The van der Waals surface area contributed by atoms with Gasteiger partial charge in [-0.05, 0) is 24.4 Å². The van der Waals surface area contributed by atoms with Gasteiger partial charge in [0.15, 0.2) is 0 Å². The lowest BCUT2D eigenvalue weighted by Crippen LogP contribution is -2.06. The van der Waals surface area contributed by atoms with Crippen LogP contribution < -0.4 is 10.1 Å². The van der Waals surface area contributed by atoms with Crippen molar-refractivity contribution in [1.82, 2.24) is 0 Å². The van der Waals surface area contributed by atoms with Gasteiger partial charge in [-0.3, -0.25) is 10.1 Å². The molecule has 0 radical (unpaired) electrons. The quantitative estimate of drug-likeness (QED) is 0.666. The number of nitro benzene ring substituents is 1. The number of hydrogen-bond acceptors (Lipinski definition) is 5. The molecule has 0 saturated carbocycles. The van der Waals surface area contributed by atoms with Crippen LogP contribution in [0.5, 0.6) is 5.75 Å². The summed E-state index contributed by atoms with van der Waals surface area (Å²) in [4.78, 5) is 11.5. The number of hydrogen-bond donors (Lipinski definition) is 1. The van der Waals surface area contributed by atoms with E-state index in [4.69, 9.17) is 4.74 Å². The number of benzene rings is 1. The summed E-state index contributed by atoms with van der Waals surface area (Å²) in [5.41, 5.74) is 0.764. The Morgan fingerprint density at radius 3 is 2.79 bits per heavy atom. The van der Waals surface area contributed by atoms with Crippen LogP contribution in [-0.2, 0) is 0 Å². The Morgan fingerprint density at radius 2 is 2.21 bits per heavy atom. The Bertz CT molecular complexity index is 569. The molecule has 0 fully saturated rings. The molecule has 1 aromatic heterocycles. The lowest BCUT2D eigenvalue weighted by molar-refractivity contribution is -0.384. The number of thiophene rings is 1. The van der Waals surface area contributed by atoms with E-state index in [1.807, 2.05) is 24.4 Å². The summed E-state index contributed by atoms with van der Waals surface area (Å²) in [7, 11) is 1.50. The first-order valence-electron chi connectivity index (χ1n) is 5.74. The minimum atomic E-state index is -0.436. The van der Waals surface area contributed by atoms with Crippen molar-refractivity contribution in [2.24, 2.45) is 0 Å². The fourth-order valence-corrected chi connectivity index (χ4v) is 2.49. The Kier molecular flexibility index (Phi) is 4.01. The number of rotatable bonds is 5. The van der Waals surface area contributed by atoms with E-state index in [1.54, 1.807) is 17.4 Å². The lowest BCUT2D eigenvalue weighted by Gasteiger charge is -2.16. The molecular formula is C13H14N2O3S. The molecule has 0 bridgehead atoms. The molecule has 0 spiro atoms. The number of non-ortho nitro benzene ring substituents is 1. The molecule has 1 heterocycles. The van der Waals surface area contributed by atoms with Gasteiger partial charge in [0.1, 0.15) is 5.75 Å². The average Bonchev–Trinajstić information content (AvgIpc) is 2.92. The van der Waals surface area contributed by atoms with E-state index in [2.05, 4.69) is 5.32 Å². The molecule has 0 saturated heterocycles. The fourth-order valence-electron chi connectivity index (χ4n) is 1.75. The van der Waals surface area contributed by atoms with Crippen molar-refractivity contribution >= 4 is 22.7 Å². The van der Waals surface area contributed by atoms with Crippen molar-refractivity contribution in [2.45, 2.75) is 13.0 Å². The number of methoxy groups -OCH3 is 1. The van der Waals surface area contributed by atoms with E-state index in [1.165, 1.54) is 24.1 Å². The van der Waals surface area contributed by atoms with Crippen LogP contribution in [0, 0.1) is 10.1 Å². The Labute approximate surface area is 115 Å². The predicted octanol–water partition coefficient (Wildman–Crippen LogP) is 3.84. The van der Waals surface area contributed by atoms with Gasteiger partial charge in [-0.1, -0.05) is 6.07 Å². The largest absolute Gasteiger partial charge is 0.494 e. The van der Waals surface area contributed by atoms with Gasteiger partial charge in [0.25, 0.3) is 5.69 Å². The summed E-state index contributed by atoms with van der Waals surface area (Å²) in [6.07, 6.45) is 0. The third-order valence-corrected chi connectivity index (χ3v) is 3.79. The second-order valence-corrected chi connectivity index (χ2v) is 5.00. The van der Waals surface area contributed by atoms with Crippen LogP contribution >= 0.6 is 11.3 Å². The first-order valence-corrected chi connectivity index (χ1v) is 6.62. The molecule has 5 nitrogen and oxygen atoms in total. The van der Waals surface area contributed by atoms with Crippen molar-refractivity contribution in [3.63, 3.8) is 0 Å². The first-order chi connectivity index (χ1) is 9.11. The second-order valence-electron chi connectivity index (χ2n) is 4.02. The van der Waals surface area contributed by atoms with Crippen LogP contribution in [-0.4, -0.2) is 12.0 Å². The van der Waals surface area contributed by atoms with Gasteiger partial charge in [-0.25, -0.2) is 0 Å². The molecule has 0 amide bonds. The number of nitrogens with zero attached hydrogens (tertiary/aromatic N) is 1. The van der Waals surface area contributed by atoms with E-state index in [0.717, 1.165) is 5.69 Å². The third kappa shape index (κ3) is 3.03. The minimum absolute atomic E-state index is 0.0196. The predicted molar refractivity (Wildman–Crippen MR) is 76.0 cm³/mol. The number of ether oxygens (including phenoxy) is 1. The standard InChI is InChI=1S/C13H14N2O3S/c1-9(13-4-3-7-19-13)14-11-6-5-10(15(16)17)8-12(11)18-2/h3-9,14H,1-2H3. The van der Waals surface area contributed by atoms with Crippen LogP contribution in [0.4, 0.5) is 11.4 Å². The molecule has 19 heavy (non-hydrogen) atoms. The van der Waals surface area contributed by atoms with Gasteiger partial charge >= 0.3 is 0 Å². The molecular weight excluding hydrogens is 264 g/mol. The molecule has 2 rings (SSSR count). The highest BCUT2D eigenvalue weighted by Crippen LogP contribution is 2.32. The van der Waals surface area contributed by atoms with Gasteiger partial charge in [-0.2, -0.15) is 0 Å². The zero-order valence-corrected chi connectivity index (χ0v) is 11.4. The molecule has 1 unspecified atom stereocenters. The smallest absolute Gasteiger partial charge is 0.273 e. The lowest BCUT2D eigenvalue weighted by atomic mass is 10.2. The summed E-state index contributed by atoms with van der Waals surface area (Å²) in [5.74, 6) is 0.470. The molecule has 1 atom stereocenters. The fraction of sp³-hybridized carbons (Fsp3) is 0.231. The number of nitrogens with one attached hydrogen (secondary N) is 1. The van der Waals surface area contributed by atoms with Crippen molar-refractivity contribution in [3.05, 3.63) is 50.7 Å². The molecule has 0 aliphatic carbocycles. The first kappa shape index (κ1) is 13.4. The number of nitro groups is 1. The zero-order chi connectivity index (χ0) is 13.8. The van der Waals surface area contributed by atoms with Crippen molar-refractivity contribution in [3.8, 4) is 5.75 Å². The summed E-state index contributed by atoms with van der Waals surface area (Å²) < 4.78 is 5.19. The van der Waals surface area contributed by atoms with E-state index >= 15 is 0 Å². The Hall–Kier alpha value is -2.08. The van der Waals surface area contributed by atoms with E-state index in [9.17, 15) is 10.1 Å². The molecule has 0 aliphatic rings. The van der Waals surface area contributed by atoms with E-state index in [0.29, 0.717) is 5.75 Å². The maximum Gasteiger partial charge on any atom is 0.273 e. The van der Waals surface area contributed by atoms with Gasteiger partial charge < -0.3 is 10.1 Å². The highest BCUT2D eigenvalue weighted by atomic mass is 32.1. The number of anilines is 1. The van der Waals surface area contributed by atoms with Gasteiger partial charge in [-0.15, -0.1) is 11.3 Å². The third-order valence-electron chi connectivity index (χ3n) is 2.74. The molecule has 1 aromatic carbocycles. The monoisotopic (exact) mass is 278 g/mol. The SMILES string of the molecule is COc1cc([N+](=O)[O-])ccc1NC(C)c1cccs1. The maximum absolute atomic E-state index is 10.7. The van der Waals surface area contributed by atoms with Crippen molar-refractivity contribution in [2.75, 3.05) is 12.4 Å². The zero-order valence-electron chi connectivity index (χ0n) is 10.6. The van der Waals surface area contributed by atoms with Crippen LogP contribution in [0.15, 0.2) is 35.7 Å². The van der Waals surface area contributed by atoms with Crippen LogP contribution in [0.2, 0.25) is 0 Å². The Morgan fingerprint density at radius 1 is 1.42 bits per heavy atom. The molecule has 0 aliphatic heterocycles. The molecule has 2 aromatic rings. The van der Waals surface area contributed by atoms with E-state index < -0.39 is 4.92 Å². The maximum atomic E-state index is 10.7. The van der Waals surface area contributed by atoms with Crippen molar-refractivity contribution in [1.29, 1.82) is 0 Å². The summed E-state index contributed by atoms with van der Waals surface area (Å²) in [5, 5.41) is 16.0. The van der Waals surface area contributed by atoms with Crippen LogP contribution in [0.3, 0.4) is 0 Å². The van der Waals surface area contributed by atoms with Gasteiger partial charge in [0.05, 0.1) is 29.8 Å². The topological polar surface area (TPSA) is 64.4 Å². The van der Waals surface area contributed by atoms with Gasteiger partial charge in [0.2, 0.25) is 0 Å². The van der Waals surface area contributed by atoms with Crippen LogP contribution in [0.25, 0.3) is 0 Å². The van der Waals surface area contributed by atoms with Gasteiger partial charge in [0, 0.05) is 10.9 Å². The summed E-state index contributed by atoms with van der Waals surface area (Å²) >= 11 is 1.66.